The lowest BCUT2D eigenvalue weighted by Crippen LogP contribution is -2.16. The molecular formula is C11H14O3. The molecule has 0 saturated carbocycles. The molecule has 0 amide bonds. The van der Waals surface area contributed by atoms with Gasteiger partial charge in [0.25, 0.3) is 0 Å². The molecule has 76 valence electrons. The molecule has 0 aromatic heterocycles. The van der Waals surface area contributed by atoms with Gasteiger partial charge in [0.1, 0.15) is 6.29 Å². The molecule has 1 rings (SSSR count). The number of benzene rings is 1. The molecule has 0 saturated heterocycles. The van der Waals surface area contributed by atoms with Gasteiger partial charge < -0.3 is 9.47 Å². The van der Waals surface area contributed by atoms with Crippen LogP contribution in [0.25, 0.3) is 0 Å². The topological polar surface area (TPSA) is 35.5 Å². The van der Waals surface area contributed by atoms with Crippen molar-refractivity contribution in [2.75, 3.05) is 14.2 Å². The summed E-state index contributed by atoms with van der Waals surface area (Å²) in [4.78, 5) is 10.7. The molecule has 0 spiro atoms. The minimum atomic E-state index is -0.295. The molecule has 0 radical (unpaired) electrons. The first-order valence-corrected chi connectivity index (χ1v) is 4.40. The summed E-state index contributed by atoms with van der Waals surface area (Å²) in [7, 11) is 3.16. The predicted molar refractivity (Wildman–Crippen MR) is 53.3 cm³/mol. The van der Waals surface area contributed by atoms with Crippen molar-refractivity contribution >= 4 is 6.29 Å². The van der Waals surface area contributed by atoms with Crippen LogP contribution < -0.4 is 0 Å². The SMILES string of the molecule is COC(Cc1ccccc1C=O)OC. The maximum atomic E-state index is 10.7. The van der Waals surface area contributed by atoms with E-state index >= 15 is 0 Å². The van der Waals surface area contributed by atoms with Gasteiger partial charge in [-0.2, -0.15) is 0 Å². The van der Waals surface area contributed by atoms with Crippen LogP contribution in [-0.2, 0) is 15.9 Å². The van der Waals surface area contributed by atoms with E-state index in [1.807, 2.05) is 18.2 Å². The quantitative estimate of drug-likeness (QED) is 0.528. The van der Waals surface area contributed by atoms with Crippen LogP contribution >= 0.6 is 0 Å². The summed E-state index contributed by atoms with van der Waals surface area (Å²) in [5.41, 5.74) is 1.63. The highest BCUT2D eigenvalue weighted by atomic mass is 16.7. The van der Waals surface area contributed by atoms with Crippen LogP contribution in [0.15, 0.2) is 24.3 Å². The van der Waals surface area contributed by atoms with E-state index in [4.69, 9.17) is 9.47 Å². The van der Waals surface area contributed by atoms with E-state index in [1.54, 1.807) is 20.3 Å². The maximum Gasteiger partial charge on any atom is 0.160 e. The second-order valence-electron chi connectivity index (χ2n) is 2.92. The minimum absolute atomic E-state index is 0.295. The highest BCUT2D eigenvalue weighted by Crippen LogP contribution is 2.10. The Kier molecular flexibility index (Phi) is 4.29. The van der Waals surface area contributed by atoms with Crippen molar-refractivity contribution in [1.29, 1.82) is 0 Å². The first kappa shape index (κ1) is 10.9. The predicted octanol–water partition coefficient (Wildman–Crippen LogP) is 1.66. The van der Waals surface area contributed by atoms with Gasteiger partial charge in [0.05, 0.1) is 0 Å². The van der Waals surface area contributed by atoms with E-state index in [1.165, 1.54) is 0 Å². The Morgan fingerprint density at radius 3 is 2.50 bits per heavy atom. The van der Waals surface area contributed by atoms with Crippen LogP contribution in [0.3, 0.4) is 0 Å². The van der Waals surface area contributed by atoms with E-state index in [0.717, 1.165) is 11.8 Å². The zero-order valence-corrected chi connectivity index (χ0v) is 8.40. The molecule has 0 atom stereocenters. The fourth-order valence-corrected chi connectivity index (χ4v) is 1.28. The van der Waals surface area contributed by atoms with Crippen molar-refractivity contribution in [2.45, 2.75) is 12.7 Å². The Morgan fingerprint density at radius 1 is 1.29 bits per heavy atom. The first-order chi connectivity index (χ1) is 6.81. The number of rotatable bonds is 5. The van der Waals surface area contributed by atoms with Gasteiger partial charge >= 0.3 is 0 Å². The average Bonchev–Trinajstić information content (AvgIpc) is 2.26. The summed E-state index contributed by atoms with van der Waals surface area (Å²) in [5.74, 6) is 0. The lowest BCUT2D eigenvalue weighted by molar-refractivity contribution is -0.100. The monoisotopic (exact) mass is 194 g/mol. The van der Waals surface area contributed by atoms with Crippen LogP contribution in [0.4, 0.5) is 0 Å². The maximum absolute atomic E-state index is 10.7. The summed E-state index contributed by atoms with van der Waals surface area (Å²) < 4.78 is 10.1. The van der Waals surface area contributed by atoms with Gasteiger partial charge in [0.15, 0.2) is 6.29 Å². The molecule has 0 N–H and O–H groups in total. The van der Waals surface area contributed by atoms with Gasteiger partial charge in [-0.25, -0.2) is 0 Å². The summed E-state index contributed by atoms with van der Waals surface area (Å²) in [6, 6.07) is 7.41. The Morgan fingerprint density at radius 2 is 1.93 bits per heavy atom. The third kappa shape index (κ3) is 2.65. The van der Waals surface area contributed by atoms with Crippen molar-refractivity contribution in [3.05, 3.63) is 35.4 Å². The molecule has 0 fully saturated rings. The molecular weight excluding hydrogens is 180 g/mol. The number of hydrogen-bond acceptors (Lipinski definition) is 3. The van der Waals surface area contributed by atoms with Gasteiger partial charge in [-0.15, -0.1) is 0 Å². The fraction of sp³-hybridized carbons (Fsp3) is 0.364. The second-order valence-corrected chi connectivity index (χ2v) is 2.92. The van der Waals surface area contributed by atoms with Gasteiger partial charge in [0.2, 0.25) is 0 Å². The Labute approximate surface area is 83.6 Å². The van der Waals surface area contributed by atoms with Crippen molar-refractivity contribution in [2.24, 2.45) is 0 Å². The average molecular weight is 194 g/mol. The summed E-state index contributed by atoms with van der Waals surface area (Å²) >= 11 is 0. The van der Waals surface area contributed by atoms with Crippen molar-refractivity contribution < 1.29 is 14.3 Å². The summed E-state index contributed by atoms with van der Waals surface area (Å²) in [5, 5.41) is 0. The number of carbonyl (C=O) groups excluding carboxylic acids is 1. The van der Waals surface area contributed by atoms with Gasteiger partial charge in [-0.1, -0.05) is 24.3 Å². The number of hydrogen-bond donors (Lipinski definition) is 0. The Hall–Kier alpha value is -1.19. The lowest BCUT2D eigenvalue weighted by atomic mass is 10.1. The first-order valence-electron chi connectivity index (χ1n) is 4.40. The Bertz CT molecular complexity index is 292. The number of methoxy groups -OCH3 is 2. The summed E-state index contributed by atoms with van der Waals surface area (Å²) in [6.07, 6.45) is 1.13. The molecule has 0 aliphatic heterocycles. The molecule has 0 unspecified atom stereocenters. The molecule has 14 heavy (non-hydrogen) atoms. The highest BCUT2D eigenvalue weighted by Gasteiger charge is 2.09. The van der Waals surface area contributed by atoms with E-state index in [2.05, 4.69) is 0 Å². The van der Waals surface area contributed by atoms with Crippen LogP contribution in [0.1, 0.15) is 15.9 Å². The van der Waals surface area contributed by atoms with Crippen molar-refractivity contribution in [3.63, 3.8) is 0 Å². The Balaban J connectivity index is 2.79. The molecule has 0 bridgehead atoms. The molecule has 3 nitrogen and oxygen atoms in total. The van der Waals surface area contributed by atoms with Crippen LogP contribution in [-0.4, -0.2) is 26.8 Å². The highest BCUT2D eigenvalue weighted by molar-refractivity contribution is 5.77. The van der Waals surface area contributed by atoms with Gasteiger partial charge in [-0.3, -0.25) is 4.79 Å². The molecule has 1 aromatic carbocycles. The minimum Gasteiger partial charge on any atom is -0.356 e. The van der Waals surface area contributed by atoms with Crippen LogP contribution in [0.5, 0.6) is 0 Å². The largest absolute Gasteiger partial charge is 0.356 e. The molecule has 1 aromatic rings. The molecule has 0 heterocycles. The number of aldehydes is 1. The van der Waals surface area contributed by atoms with Crippen LogP contribution in [0, 0.1) is 0 Å². The van der Waals surface area contributed by atoms with E-state index < -0.39 is 0 Å². The van der Waals surface area contributed by atoms with Crippen LogP contribution in [0.2, 0.25) is 0 Å². The summed E-state index contributed by atoms with van der Waals surface area (Å²) in [6.45, 7) is 0. The zero-order valence-electron chi connectivity index (χ0n) is 8.40. The fourth-order valence-electron chi connectivity index (χ4n) is 1.28. The number of ether oxygens (including phenoxy) is 2. The zero-order chi connectivity index (χ0) is 10.4. The van der Waals surface area contributed by atoms with Crippen molar-refractivity contribution in [1.82, 2.24) is 0 Å². The molecule has 0 aliphatic rings. The van der Waals surface area contributed by atoms with Gasteiger partial charge in [-0.05, 0) is 5.56 Å². The number of carbonyl (C=O) groups is 1. The van der Waals surface area contributed by atoms with E-state index in [0.29, 0.717) is 12.0 Å². The normalized spacial score (nSPS) is 10.5. The van der Waals surface area contributed by atoms with E-state index in [-0.39, 0.29) is 6.29 Å². The smallest absolute Gasteiger partial charge is 0.160 e. The third-order valence-electron chi connectivity index (χ3n) is 2.09. The molecule has 3 heteroatoms. The second kappa shape index (κ2) is 5.52. The van der Waals surface area contributed by atoms with E-state index in [9.17, 15) is 4.79 Å². The van der Waals surface area contributed by atoms with Gasteiger partial charge in [0, 0.05) is 26.2 Å². The van der Waals surface area contributed by atoms with Crippen molar-refractivity contribution in [3.8, 4) is 0 Å². The molecule has 0 aliphatic carbocycles. The lowest BCUT2D eigenvalue weighted by Gasteiger charge is -2.13. The standard InChI is InChI=1S/C11H14O3/c1-13-11(14-2)7-9-5-3-4-6-10(9)8-12/h3-6,8,11H,7H2,1-2H3. The third-order valence-corrected chi connectivity index (χ3v) is 2.09.